The van der Waals surface area contributed by atoms with E-state index in [0.29, 0.717) is 19.3 Å². The van der Waals surface area contributed by atoms with Crippen molar-refractivity contribution in [2.45, 2.75) is 258 Å². The lowest BCUT2D eigenvalue weighted by Crippen LogP contribution is -2.30. The average Bonchev–Trinajstić information content (AvgIpc) is 3.30. The molecule has 0 bridgehead atoms. The van der Waals surface area contributed by atoms with Crippen molar-refractivity contribution < 1.29 is 28.6 Å². The Balaban J connectivity index is 4.40. The zero-order chi connectivity index (χ0) is 47.2. The monoisotopic (exact) mass is 905 g/mol. The average molecular weight is 905 g/mol. The van der Waals surface area contributed by atoms with Crippen molar-refractivity contribution in [3.05, 3.63) is 85.1 Å². The third-order valence-corrected chi connectivity index (χ3v) is 11.4. The van der Waals surface area contributed by atoms with Gasteiger partial charge in [0, 0.05) is 19.3 Å². The van der Waals surface area contributed by atoms with E-state index in [0.717, 1.165) is 109 Å². The smallest absolute Gasteiger partial charge is 0.306 e. The maximum atomic E-state index is 12.8. The normalized spacial score (nSPS) is 12.7. The molecule has 6 heteroatoms. The molecule has 0 rings (SSSR count). The van der Waals surface area contributed by atoms with E-state index in [1.165, 1.54) is 103 Å². The Morgan fingerprint density at radius 1 is 0.323 bits per heavy atom. The van der Waals surface area contributed by atoms with E-state index in [1.807, 2.05) is 0 Å². The summed E-state index contributed by atoms with van der Waals surface area (Å²) in [5.41, 5.74) is 0. The van der Waals surface area contributed by atoms with Crippen LogP contribution in [0.4, 0.5) is 0 Å². The molecule has 0 spiro atoms. The molecule has 0 aromatic heterocycles. The third-order valence-electron chi connectivity index (χ3n) is 11.4. The number of hydrogen-bond acceptors (Lipinski definition) is 6. The van der Waals surface area contributed by atoms with Crippen LogP contribution in [-0.4, -0.2) is 37.2 Å². The molecule has 372 valence electrons. The van der Waals surface area contributed by atoms with E-state index in [1.54, 1.807) is 0 Å². The minimum atomic E-state index is -0.798. The van der Waals surface area contributed by atoms with E-state index < -0.39 is 6.10 Å². The predicted molar refractivity (Wildman–Crippen MR) is 279 cm³/mol. The van der Waals surface area contributed by atoms with Crippen molar-refractivity contribution >= 4 is 17.9 Å². The van der Waals surface area contributed by atoms with Crippen LogP contribution in [0.25, 0.3) is 0 Å². The summed E-state index contributed by atoms with van der Waals surface area (Å²) in [4.78, 5) is 38.0. The van der Waals surface area contributed by atoms with E-state index in [2.05, 4.69) is 106 Å². The fourth-order valence-electron chi connectivity index (χ4n) is 7.35. The first-order valence-electron chi connectivity index (χ1n) is 27.1. The highest BCUT2D eigenvalue weighted by Crippen LogP contribution is 2.14. The summed E-state index contributed by atoms with van der Waals surface area (Å²) in [6.07, 6.45) is 68.6. The number of hydrogen-bond donors (Lipinski definition) is 0. The summed E-state index contributed by atoms with van der Waals surface area (Å²) in [6.45, 7) is 6.37. The first-order chi connectivity index (χ1) is 32.0. The summed E-state index contributed by atoms with van der Waals surface area (Å²) >= 11 is 0. The molecule has 0 aromatic rings. The summed E-state index contributed by atoms with van der Waals surface area (Å²) in [5, 5.41) is 0. The van der Waals surface area contributed by atoms with Gasteiger partial charge in [-0.2, -0.15) is 0 Å². The van der Waals surface area contributed by atoms with Crippen LogP contribution in [0.5, 0.6) is 0 Å². The van der Waals surface area contributed by atoms with Crippen LogP contribution in [-0.2, 0) is 28.6 Å². The molecule has 0 N–H and O–H groups in total. The van der Waals surface area contributed by atoms with Gasteiger partial charge in [0.25, 0.3) is 0 Å². The van der Waals surface area contributed by atoms with Gasteiger partial charge in [0.1, 0.15) is 13.2 Å². The molecule has 0 aromatic carbocycles. The molecule has 0 saturated carbocycles. The first-order valence-corrected chi connectivity index (χ1v) is 27.1. The van der Waals surface area contributed by atoms with E-state index in [4.69, 9.17) is 14.2 Å². The van der Waals surface area contributed by atoms with Crippen LogP contribution < -0.4 is 0 Å². The number of carbonyl (C=O) groups is 3. The molecule has 0 aliphatic rings. The van der Waals surface area contributed by atoms with Crippen molar-refractivity contribution in [3.63, 3.8) is 0 Å². The second kappa shape index (κ2) is 53.2. The lowest BCUT2D eigenvalue weighted by Gasteiger charge is -2.18. The number of allylic oxidation sites excluding steroid dienone is 14. The fraction of sp³-hybridized carbons (Fsp3) is 0.712. The van der Waals surface area contributed by atoms with Gasteiger partial charge in [-0.15, -0.1) is 0 Å². The van der Waals surface area contributed by atoms with Crippen molar-refractivity contribution in [1.29, 1.82) is 0 Å². The van der Waals surface area contributed by atoms with Gasteiger partial charge in [-0.25, -0.2) is 0 Å². The Hall–Kier alpha value is -3.41. The van der Waals surface area contributed by atoms with Gasteiger partial charge < -0.3 is 14.2 Å². The lowest BCUT2D eigenvalue weighted by molar-refractivity contribution is -0.167. The van der Waals surface area contributed by atoms with E-state index in [-0.39, 0.29) is 31.1 Å². The fourth-order valence-corrected chi connectivity index (χ4v) is 7.35. The highest BCUT2D eigenvalue weighted by atomic mass is 16.6. The molecule has 0 amide bonds. The van der Waals surface area contributed by atoms with Gasteiger partial charge in [0.15, 0.2) is 6.10 Å². The molecule has 6 nitrogen and oxygen atoms in total. The number of esters is 3. The second-order valence-electron chi connectivity index (χ2n) is 17.7. The minimum Gasteiger partial charge on any atom is -0.462 e. The molecular formula is C59H100O6. The van der Waals surface area contributed by atoms with Gasteiger partial charge in [-0.05, 0) is 109 Å². The van der Waals surface area contributed by atoms with Crippen molar-refractivity contribution in [2.75, 3.05) is 13.2 Å². The van der Waals surface area contributed by atoms with Crippen LogP contribution in [0.1, 0.15) is 252 Å². The van der Waals surface area contributed by atoms with E-state index in [9.17, 15) is 14.4 Å². The van der Waals surface area contributed by atoms with Crippen molar-refractivity contribution in [1.82, 2.24) is 0 Å². The highest BCUT2D eigenvalue weighted by Gasteiger charge is 2.19. The van der Waals surface area contributed by atoms with Crippen LogP contribution in [0.3, 0.4) is 0 Å². The summed E-state index contributed by atoms with van der Waals surface area (Å²) < 4.78 is 16.8. The minimum absolute atomic E-state index is 0.0950. The summed E-state index contributed by atoms with van der Waals surface area (Å²) in [7, 11) is 0. The number of unbranched alkanes of at least 4 members (excludes halogenated alkanes) is 23. The van der Waals surface area contributed by atoms with Crippen LogP contribution in [0, 0.1) is 0 Å². The van der Waals surface area contributed by atoms with E-state index >= 15 is 0 Å². The van der Waals surface area contributed by atoms with Gasteiger partial charge in [-0.3, -0.25) is 14.4 Å². The standard InChI is InChI=1S/C59H100O6/c1-4-7-10-13-16-19-22-25-27-29-30-31-33-34-37-40-43-46-49-52-58(61)64-55-56(54-63-57(60)51-48-45-42-39-36-24-21-18-15-12-9-6-3)65-59(62)53-50-47-44-41-38-35-32-28-26-23-20-17-14-11-8-5-2/h7,9-10,12,16,18-19,21,25,27-28,32,36,39,56H,4-6,8,11,13-15,17,20,22-24,26,29-31,33-35,37-38,40-55H2,1-3H3/b10-7-,12-9-,19-16-,21-18-,27-25-,32-28-,39-36-. The first kappa shape index (κ1) is 61.6. The molecule has 1 atom stereocenters. The number of rotatable bonds is 48. The predicted octanol–water partition coefficient (Wildman–Crippen LogP) is 18.0. The quantitative estimate of drug-likeness (QED) is 0.0262. The van der Waals surface area contributed by atoms with Gasteiger partial charge in [0.05, 0.1) is 0 Å². The lowest BCUT2D eigenvalue weighted by atomic mass is 10.1. The topological polar surface area (TPSA) is 78.9 Å². The largest absolute Gasteiger partial charge is 0.462 e. The molecule has 0 saturated heterocycles. The molecule has 0 fully saturated rings. The van der Waals surface area contributed by atoms with Crippen molar-refractivity contribution in [3.8, 4) is 0 Å². The summed E-state index contributed by atoms with van der Waals surface area (Å²) in [5.74, 6) is -0.948. The Morgan fingerprint density at radius 2 is 0.600 bits per heavy atom. The van der Waals surface area contributed by atoms with Crippen molar-refractivity contribution in [2.24, 2.45) is 0 Å². The Labute approximate surface area is 401 Å². The molecule has 0 radical (unpaired) electrons. The molecule has 0 aliphatic carbocycles. The van der Waals surface area contributed by atoms with Crippen LogP contribution in [0.2, 0.25) is 0 Å². The van der Waals surface area contributed by atoms with Crippen LogP contribution >= 0.6 is 0 Å². The molecule has 0 aliphatic heterocycles. The zero-order valence-electron chi connectivity index (χ0n) is 42.5. The second-order valence-corrected chi connectivity index (χ2v) is 17.7. The van der Waals surface area contributed by atoms with Crippen LogP contribution in [0.15, 0.2) is 85.1 Å². The Bertz CT molecular complexity index is 1270. The van der Waals surface area contributed by atoms with Gasteiger partial charge in [0.2, 0.25) is 0 Å². The Morgan fingerprint density at radius 3 is 0.985 bits per heavy atom. The molecule has 1 unspecified atom stereocenters. The summed E-state index contributed by atoms with van der Waals surface area (Å²) in [6, 6.07) is 0. The maximum absolute atomic E-state index is 12.8. The molecule has 0 heterocycles. The van der Waals surface area contributed by atoms with Gasteiger partial charge in [-0.1, -0.05) is 209 Å². The third kappa shape index (κ3) is 51.4. The maximum Gasteiger partial charge on any atom is 0.306 e. The highest BCUT2D eigenvalue weighted by molar-refractivity contribution is 5.71. The SMILES string of the molecule is CC/C=C\C/C=C\C/C=C\CCCCCCCCCCCC(=O)OCC(COC(=O)CCCC/C=C\C/C=C\C/C=C\CC)OC(=O)CCCCCCC/C=C\CCCCCCCCC. The van der Waals surface area contributed by atoms with Gasteiger partial charge >= 0.3 is 17.9 Å². The molecule has 65 heavy (non-hydrogen) atoms. The molecular weight excluding hydrogens is 805 g/mol. The Kier molecular flexibility index (Phi) is 50.4. The zero-order valence-corrected chi connectivity index (χ0v) is 42.5. The number of carbonyl (C=O) groups excluding carboxylic acids is 3. The number of ether oxygens (including phenoxy) is 3.